The first-order valence-electron chi connectivity index (χ1n) is 3.42. The van der Waals surface area contributed by atoms with Crippen molar-refractivity contribution in [1.29, 1.82) is 0 Å². The zero-order valence-corrected chi connectivity index (χ0v) is 6.28. The lowest BCUT2D eigenvalue weighted by atomic mass is 10.3. The zero-order chi connectivity index (χ0) is 8.27. The Labute approximate surface area is 65.3 Å². The second kappa shape index (κ2) is 3.25. The molecule has 3 N–H and O–H groups in total. The van der Waals surface area contributed by atoms with Crippen molar-refractivity contribution >= 4 is 5.69 Å². The summed E-state index contributed by atoms with van der Waals surface area (Å²) < 4.78 is 0. The number of phenolic OH excluding ortho intramolecular Hbond substituents is 1. The van der Waals surface area contributed by atoms with E-state index in [1.54, 1.807) is 31.2 Å². The Morgan fingerprint density at radius 1 is 1.27 bits per heavy atom. The number of anilines is 1. The lowest BCUT2D eigenvalue weighted by Gasteiger charge is -2.07. The summed E-state index contributed by atoms with van der Waals surface area (Å²) in [5.41, 5.74) is 0.790. The highest BCUT2D eigenvalue weighted by molar-refractivity contribution is 5.46. The summed E-state index contributed by atoms with van der Waals surface area (Å²) >= 11 is 0. The zero-order valence-electron chi connectivity index (χ0n) is 6.28. The number of phenols is 1. The van der Waals surface area contributed by atoms with Gasteiger partial charge < -0.3 is 15.5 Å². The molecule has 3 nitrogen and oxygen atoms in total. The van der Waals surface area contributed by atoms with Crippen LogP contribution in [0.25, 0.3) is 0 Å². The molecule has 0 spiro atoms. The van der Waals surface area contributed by atoms with Gasteiger partial charge in [0, 0.05) is 5.69 Å². The van der Waals surface area contributed by atoms with E-state index < -0.39 is 6.23 Å². The van der Waals surface area contributed by atoms with Gasteiger partial charge in [-0.1, -0.05) is 0 Å². The minimum absolute atomic E-state index is 0.223. The summed E-state index contributed by atoms with van der Waals surface area (Å²) in [7, 11) is 0. The predicted molar refractivity (Wildman–Crippen MR) is 43.4 cm³/mol. The van der Waals surface area contributed by atoms with Crippen LogP contribution in [0.4, 0.5) is 5.69 Å². The molecule has 0 fully saturated rings. The third kappa shape index (κ3) is 2.47. The Bertz CT molecular complexity index is 218. The minimum atomic E-state index is -0.570. The Morgan fingerprint density at radius 3 is 2.27 bits per heavy atom. The van der Waals surface area contributed by atoms with Gasteiger partial charge in [0.25, 0.3) is 0 Å². The first kappa shape index (κ1) is 7.88. The number of nitrogens with one attached hydrogen (secondary N) is 1. The molecular weight excluding hydrogens is 142 g/mol. The van der Waals surface area contributed by atoms with E-state index in [4.69, 9.17) is 10.2 Å². The Morgan fingerprint density at radius 2 is 1.82 bits per heavy atom. The molecule has 0 aliphatic carbocycles. The van der Waals surface area contributed by atoms with Gasteiger partial charge in [0.05, 0.1) is 0 Å². The van der Waals surface area contributed by atoms with Crippen molar-refractivity contribution in [2.24, 2.45) is 0 Å². The molecule has 1 aromatic rings. The topological polar surface area (TPSA) is 52.5 Å². The van der Waals surface area contributed by atoms with Crippen molar-refractivity contribution in [2.75, 3.05) is 5.32 Å². The SMILES string of the molecule is CC(O)Nc1ccc(O)cc1. The molecule has 0 heterocycles. The van der Waals surface area contributed by atoms with Crippen molar-refractivity contribution in [3.8, 4) is 5.75 Å². The second-order valence-corrected chi connectivity index (χ2v) is 2.37. The molecule has 0 saturated heterocycles. The Hall–Kier alpha value is -1.22. The van der Waals surface area contributed by atoms with Crippen LogP contribution in [-0.2, 0) is 0 Å². The van der Waals surface area contributed by atoms with E-state index >= 15 is 0 Å². The van der Waals surface area contributed by atoms with Crippen molar-refractivity contribution in [1.82, 2.24) is 0 Å². The summed E-state index contributed by atoms with van der Waals surface area (Å²) in [6, 6.07) is 6.51. The summed E-state index contributed by atoms with van der Waals surface area (Å²) in [4.78, 5) is 0. The molecule has 1 unspecified atom stereocenters. The monoisotopic (exact) mass is 153 g/mol. The lowest BCUT2D eigenvalue weighted by Crippen LogP contribution is -2.12. The molecule has 0 saturated carbocycles. The lowest BCUT2D eigenvalue weighted by molar-refractivity contribution is 0.224. The minimum Gasteiger partial charge on any atom is -0.508 e. The normalized spacial score (nSPS) is 12.5. The van der Waals surface area contributed by atoms with Crippen molar-refractivity contribution in [3.63, 3.8) is 0 Å². The van der Waals surface area contributed by atoms with Crippen LogP contribution in [0.1, 0.15) is 6.92 Å². The Kier molecular flexibility index (Phi) is 2.33. The van der Waals surface area contributed by atoms with Crippen molar-refractivity contribution in [2.45, 2.75) is 13.2 Å². The number of rotatable bonds is 2. The fraction of sp³-hybridized carbons (Fsp3) is 0.250. The summed E-state index contributed by atoms with van der Waals surface area (Å²) in [6.45, 7) is 1.63. The van der Waals surface area contributed by atoms with Crippen molar-refractivity contribution in [3.05, 3.63) is 24.3 Å². The first-order chi connectivity index (χ1) is 5.18. The standard InChI is InChI=1S/C8H11NO2/c1-6(10)9-7-2-4-8(11)5-3-7/h2-6,9-11H,1H3. The van der Waals surface area contributed by atoms with Gasteiger partial charge in [-0.25, -0.2) is 0 Å². The molecule has 3 heteroatoms. The molecule has 0 aromatic heterocycles. The fourth-order valence-electron chi connectivity index (χ4n) is 0.799. The second-order valence-electron chi connectivity index (χ2n) is 2.37. The molecule has 11 heavy (non-hydrogen) atoms. The maximum atomic E-state index is 8.90. The van der Waals surface area contributed by atoms with Crippen LogP contribution >= 0.6 is 0 Å². The molecule has 0 aliphatic rings. The van der Waals surface area contributed by atoms with Gasteiger partial charge in [-0.15, -0.1) is 0 Å². The largest absolute Gasteiger partial charge is 0.508 e. The quantitative estimate of drug-likeness (QED) is 0.441. The van der Waals surface area contributed by atoms with E-state index in [0.29, 0.717) is 0 Å². The van der Waals surface area contributed by atoms with Crippen LogP contribution < -0.4 is 5.32 Å². The number of hydrogen-bond donors (Lipinski definition) is 3. The van der Waals surface area contributed by atoms with E-state index in [1.165, 1.54) is 0 Å². The van der Waals surface area contributed by atoms with Gasteiger partial charge in [-0.05, 0) is 31.2 Å². The first-order valence-corrected chi connectivity index (χ1v) is 3.42. The summed E-state index contributed by atoms with van der Waals surface area (Å²) in [5.74, 6) is 0.223. The molecule has 0 bridgehead atoms. The van der Waals surface area contributed by atoms with Crippen molar-refractivity contribution < 1.29 is 10.2 Å². The van der Waals surface area contributed by atoms with Gasteiger partial charge in [0.1, 0.15) is 12.0 Å². The third-order valence-electron chi connectivity index (χ3n) is 1.24. The highest BCUT2D eigenvalue weighted by Gasteiger charge is 1.94. The predicted octanol–water partition coefficient (Wildman–Crippen LogP) is 1.14. The molecule has 60 valence electrons. The highest BCUT2D eigenvalue weighted by atomic mass is 16.3. The number of benzene rings is 1. The fourth-order valence-corrected chi connectivity index (χ4v) is 0.799. The molecule has 1 atom stereocenters. The average Bonchev–Trinajstić information content (AvgIpc) is 1.93. The van der Waals surface area contributed by atoms with E-state index in [2.05, 4.69) is 5.32 Å². The van der Waals surface area contributed by atoms with Gasteiger partial charge in [-0.3, -0.25) is 0 Å². The number of aromatic hydroxyl groups is 1. The Balaban J connectivity index is 2.66. The third-order valence-corrected chi connectivity index (χ3v) is 1.24. The number of aliphatic hydroxyl groups excluding tert-OH is 1. The summed E-state index contributed by atoms with van der Waals surface area (Å²) in [5, 5.41) is 20.6. The van der Waals surface area contributed by atoms with Crippen LogP contribution in [0.5, 0.6) is 5.75 Å². The van der Waals surface area contributed by atoms with E-state index in [0.717, 1.165) is 5.69 Å². The number of hydrogen-bond acceptors (Lipinski definition) is 3. The van der Waals surface area contributed by atoms with Gasteiger partial charge in [-0.2, -0.15) is 0 Å². The van der Waals surface area contributed by atoms with Gasteiger partial charge >= 0.3 is 0 Å². The molecule has 1 rings (SSSR count). The molecule has 0 radical (unpaired) electrons. The average molecular weight is 153 g/mol. The summed E-state index contributed by atoms with van der Waals surface area (Å²) in [6.07, 6.45) is -0.570. The molecular formula is C8H11NO2. The molecule has 1 aromatic carbocycles. The van der Waals surface area contributed by atoms with Gasteiger partial charge in [0.2, 0.25) is 0 Å². The maximum Gasteiger partial charge on any atom is 0.121 e. The van der Waals surface area contributed by atoms with Crippen LogP contribution in [0.3, 0.4) is 0 Å². The number of aliphatic hydroxyl groups is 1. The molecule has 0 aliphatic heterocycles. The van der Waals surface area contributed by atoms with E-state index in [1.807, 2.05) is 0 Å². The van der Waals surface area contributed by atoms with Crippen LogP contribution in [0.15, 0.2) is 24.3 Å². The smallest absolute Gasteiger partial charge is 0.121 e. The highest BCUT2D eigenvalue weighted by Crippen LogP contribution is 2.13. The van der Waals surface area contributed by atoms with E-state index in [9.17, 15) is 0 Å². The molecule has 0 amide bonds. The van der Waals surface area contributed by atoms with E-state index in [-0.39, 0.29) is 5.75 Å². The van der Waals surface area contributed by atoms with Gasteiger partial charge in [0.15, 0.2) is 0 Å². The van der Waals surface area contributed by atoms with Crippen LogP contribution in [0.2, 0.25) is 0 Å². The van der Waals surface area contributed by atoms with Crippen LogP contribution in [-0.4, -0.2) is 16.4 Å². The van der Waals surface area contributed by atoms with Crippen LogP contribution in [0, 0.1) is 0 Å². The maximum absolute atomic E-state index is 8.90.